The fraction of sp³-hybridized carbons (Fsp3) is 0.474. The number of carboxylic acids is 2. The van der Waals surface area contributed by atoms with Crippen LogP contribution in [0.4, 0.5) is 0 Å². The van der Waals surface area contributed by atoms with Gasteiger partial charge in [0.25, 0.3) is 0 Å². The van der Waals surface area contributed by atoms with Gasteiger partial charge in [-0.3, -0.25) is 4.48 Å². The van der Waals surface area contributed by atoms with Crippen LogP contribution in [0.2, 0.25) is 0 Å². The van der Waals surface area contributed by atoms with Crippen molar-refractivity contribution in [3.05, 3.63) is 37.0 Å². The molecule has 0 aliphatic rings. The number of carboxylic acid groups (broad SMARTS) is 2. The van der Waals surface area contributed by atoms with Gasteiger partial charge in [-0.1, -0.05) is 32.7 Å². The molecule has 0 bridgehead atoms. The average molecular weight is 399 g/mol. The van der Waals surface area contributed by atoms with Gasteiger partial charge in [-0.05, 0) is 13.8 Å². The van der Waals surface area contributed by atoms with Crippen molar-refractivity contribution >= 4 is 23.9 Å². The average Bonchev–Trinajstić information content (AvgIpc) is 2.57. The van der Waals surface area contributed by atoms with Crippen molar-refractivity contribution in [1.82, 2.24) is 0 Å². The minimum Gasteiger partial charge on any atom is -0.543 e. The third kappa shape index (κ3) is 7.36. The monoisotopic (exact) mass is 399 g/mol. The van der Waals surface area contributed by atoms with E-state index in [1.54, 1.807) is 6.92 Å². The summed E-state index contributed by atoms with van der Waals surface area (Å²) < 4.78 is 8.87. The molecule has 0 radical (unpaired) electrons. The molecule has 1 unspecified atom stereocenters. The van der Waals surface area contributed by atoms with Gasteiger partial charge < -0.3 is 24.5 Å². The van der Waals surface area contributed by atoms with Crippen molar-refractivity contribution < 1.29 is 43.3 Å². The number of carbonyl (C=O) groups is 4. The highest BCUT2D eigenvalue weighted by Gasteiger charge is 2.53. The van der Waals surface area contributed by atoms with E-state index >= 15 is 0 Å². The second kappa shape index (κ2) is 11.7. The maximum Gasteiger partial charge on any atom is 0.372 e. The van der Waals surface area contributed by atoms with Gasteiger partial charge in [0.2, 0.25) is 12.3 Å². The van der Waals surface area contributed by atoms with Gasteiger partial charge in [0.1, 0.15) is 12.6 Å². The second-order valence-electron chi connectivity index (χ2n) is 6.50. The van der Waals surface area contributed by atoms with E-state index in [2.05, 4.69) is 24.5 Å². The molecule has 1 atom stereocenters. The van der Waals surface area contributed by atoms with Gasteiger partial charge in [0.15, 0.2) is 0 Å². The molecule has 9 heteroatoms. The zero-order valence-corrected chi connectivity index (χ0v) is 17.1. The highest BCUT2D eigenvalue weighted by atomic mass is 16.5. The summed E-state index contributed by atoms with van der Waals surface area (Å²) in [5.74, 6) is -4.33. The van der Waals surface area contributed by atoms with Crippen LogP contribution in [-0.4, -0.2) is 66.4 Å². The first-order valence-electron chi connectivity index (χ1n) is 8.25. The van der Waals surface area contributed by atoms with Gasteiger partial charge in [-0.25, -0.2) is 14.4 Å². The predicted octanol–water partition coefficient (Wildman–Crippen LogP) is 0.415. The fourth-order valence-corrected chi connectivity index (χ4v) is 2.03. The smallest absolute Gasteiger partial charge is 0.372 e. The molecule has 0 rings (SSSR count). The van der Waals surface area contributed by atoms with E-state index in [9.17, 15) is 29.4 Å². The maximum absolute atomic E-state index is 11.3. The minimum atomic E-state index is -2.19. The Balaban J connectivity index is 0. The first-order valence-corrected chi connectivity index (χ1v) is 8.25. The van der Waals surface area contributed by atoms with Crippen LogP contribution >= 0.6 is 0 Å². The number of aliphatic carboxylic acids is 2. The van der Waals surface area contributed by atoms with E-state index in [1.807, 2.05) is 0 Å². The van der Waals surface area contributed by atoms with Gasteiger partial charge in [-0.15, -0.1) is 0 Å². The number of ether oxygens (including phenoxy) is 2. The Labute approximate surface area is 165 Å². The highest BCUT2D eigenvalue weighted by molar-refractivity contribution is 6.00. The first kappa shape index (κ1) is 27.3. The van der Waals surface area contributed by atoms with Crippen LogP contribution in [0.1, 0.15) is 27.2 Å². The van der Waals surface area contributed by atoms with Crippen LogP contribution in [-0.2, 0) is 28.7 Å². The van der Waals surface area contributed by atoms with Crippen LogP contribution in [0.5, 0.6) is 0 Å². The summed E-state index contributed by atoms with van der Waals surface area (Å²) in [6, 6.07) is 0. The number of hydrogen-bond donors (Lipinski definition) is 1. The molecule has 0 aromatic rings. The molecule has 0 amide bonds. The van der Waals surface area contributed by atoms with Crippen molar-refractivity contribution in [3.8, 4) is 0 Å². The van der Waals surface area contributed by atoms with E-state index < -0.39 is 34.7 Å². The number of hydrogen-bond acceptors (Lipinski definition) is 7. The predicted molar refractivity (Wildman–Crippen MR) is 99.5 cm³/mol. The Morgan fingerprint density at radius 2 is 1.50 bits per heavy atom. The van der Waals surface area contributed by atoms with Crippen LogP contribution < -0.4 is 5.11 Å². The number of esters is 2. The molecule has 0 saturated carbocycles. The lowest BCUT2D eigenvalue weighted by Crippen LogP contribution is -2.72. The quantitative estimate of drug-likeness (QED) is 0.140. The number of rotatable bonds is 10. The number of carbonyl (C=O) groups excluding carboxylic acids is 3. The van der Waals surface area contributed by atoms with Crippen molar-refractivity contribution in [1.29, 1.82) is 0 Å². The molecule has 0 aliphatic carbocycles. The van der Waals surface area contributed by atoms with Crippen LogP contribution in [0.15, 0.2) is 37.0 Å². The second-order valence-corrected chi connectivity index (χ2v) is 6.50. The van der Waals surface area contributed by atoms with Gasteiger partial charge in [0.05, 0.1) is 14.1 Å². The molecular formula is C19H29NO8. The topological polar surface area (TPSA) is 130 Å². The normalized spacial score (nSPS) is 12.3. The van der Waals surface area contributed by atoms with E-state index in [1.165, 1.54) is 34.0 Å². The summed E-state index contributed by atoms with van der Waals surface area (Å²) in [5.41, 5.74) is -1.63. The van der Waals surface area contributed by atoms with E-state index in [0.29, 0.717) is 5.57 Å². The van der Waals surface area contributed by atoms with Crippen LogP contribution in [0, 0.1) is 0 Å². The molecule has 0 spiro atoms. The van der Waals surface area contributed by atoms with Crippen molar-refractivity contribution in [3.63, 3.8) is 0 Å². The van der Waals surface area contributed by atoms with Gasteiger partial charge in [0, 0.05) is 17.6 Å². The number of quaternary nitrogens is 1. The minimum absolute atomic E-state index is 0.144. The zero-order chi connectivity index (χ0) is 22.7. The molecule has 9 nitrogen and oxygen atoms in total. The SMILES string of the molecule is C=C(C)C(=O)OC[N+](C)(C)C(CC)(C(=O)[O-])C(=O)O.C=CCOC(=O)C(=C)C. The summed E-state index contributed by atoms with van der Waals surface area (Å²) in [7, 11) is 2.69. The molecule has 0 fully saturated rings. The molecule has 0 aliphatic heterocycles. The number of nitrogens with zero attached hydrogens (tertiary/aromatic N) is 1. The summed E-state index contributed by atoms with van der Waals surface area (Å²) in [6.07, 6.45) is 1.31. The molecular weight excluding hydrogens is 370 g/mol. The molecule has 0 aromatic carbocycles. The molecule has 0 saturated heterocycles. The van der Waals surface area contributed by atoms with Crippen molar-refractivity contribution in [2.24, 2.45) is 0 Å². The maximum atomic E-state index is 11.3. The Bertz CT molecular complexity index is 634. The lowest BCUT2D eigenvalue weighted by atomic mass is 9.92. The molecule has 1 N–H and O–H groups in total. The summed E-state index contributed by atoms with van der Waals surface area (Å²) in [5, 5.41) is 20.5. The van der Waals surface area contributed by atoms with Crippen molar-refractivity contribution in [2.45, 2.75) is 32.7 Å². The Morgan fingerprint density at radius 3 is 1.79 bits per heavy atom. The van der Waals surface area contributed by atoms with Gasteiger partial charge in [-0.2, -0.15) is 0 Å². The zero-order valence-electron chi connectivity index (χ0n) is 17.1. The van der Waals surface area contributed by atoms with Crippen molar-refractivity contribution in [2.75, 3.05) is 27.4 Å². The molecule has 0 aromatic heterocycles. The summed E-state index contributed by atoms with van der Waals surface area (Å²) in [4.78, 5) is 44.4. The fourth-order valence-electron chi connectivity index (χ4n) is 2.03. The molecule has 0 heterocycles. The third-order valence-corrected chi connectivity index (χ3v) is 3.78. The largest absolute Gasteiger partial charge is 0.543 e. The summed E-state index contributed by atoms with van der Waals surface area (Å²) >= 11 is 0. The van der Waals surface area contributed by atoms with Crippen LogP contribution in [0.25, 0.3) is 0 Å². The van der Waals surface area contributed by atoms with E-state index in [4.69, 9.17) is 4.74 Å². The Morgan fingerprint density at radius 1 is 1.07 bits per heavy atom. The Kier molecular flexibility index (Phi) is 11.4. The third-order valence-electron chi connectivity index (χ3n) is 3.78. The van der Waals surface area contributed by atoms with E-state index in [-0.39, 0.29) is 24.6 Å². The first-order chi connectivity index (χ1) is 12.7. The van der Waals surface area contributed by atoms with Crippen LogP contribution in [0.3, 0.4) is 0 Å². The standard InChI is InChI=1S/C12H19NO6.C7H10O2/c1-6-12(10(15)16,11(17)18)13(4,5)7-19-9(14)8(2)3;1-4-5-9-7(8)6(2)3/h2,6-7H2,1,3-5H3,(H-,15,16,17,18);4H,1-2,5H2,3H3. The van der Waals surface area contributed by atoms with E-state index in [0.717, 1.165) is 0 Å². The Hall–Kier alpha value is -2.94. The number of likely N-dealkylation sites (N-methyl/N-ethyl adjacent to an activating group) is 1. The molecule has 28 heavy (non-hydrogen) atoms. The lowest BCUT2D eigenvalue weighted by molar-refractivity contribution is -0.940. The molecule has 158 valence electrons. The van der Waals surface area contributed by atoms with Gasteiger partial charge >= 0.3 is 17.9 Å². The summed E-state index contributed by atoms with van der Waals surface area (Å²) in [6.45, 7) is 14.5. The lowest BCUT2D eigenvalue weighted by Gasteiger charge is -2.44. The highest BCUT2D eigenvalue weighted by Crippen LogP contribution is 2.25.